The van der Waals surface area contributed by atoms with Crippen LogP contribution in [0, 0.1) is 25.5 Å². The molecule has 0 spiro atoms. The summed E-state index contributed by atoms with van der Waals surface area (Å²) in [5.41, 5.74) is 2.10. The van der Waals surface area contributed by atoms with Gasteiger partial charge in [0.25, 0.3) is 0 Å². The zero-order valence-electron chi connectivity index (χ0n) is 10.5. The minimum absolute atomic E-state index is 0.214. The predicted molar refractivity (Wildman–Crippen MR) is 68.2 cm³/mol. The minimum atomic E-state index is -1.01. The number of aromatic carboxylic acids is 1. The Morgan fingerprint density at radius 1 is 1.05 bits per heavy atom. The third kappa shape index (κ3) is 2.47. The van der Waals surface area contributed by atoms with Gasteiger partial charge in [-0.3, -0.25) is 0 Å². The summed E-state index contributed by atoms with van der Waals surface area (Å²) in [7, 11) is 0. The molecule has 0 atom stereocenters. The molecule has 4 heteroatoms. The topological polar surface area (TPSA) is 37.3 Å². The van der Waals surface area contributed by atoms with E-state index in [1.807, 2.05) is 0 Å². The number of rotatable bonds is 2. The van der Waals surface area contributed by atoms with Crippen molar-refractivity contribution in [1.82, 2.24) is 0 Å². The van der Waals surface area contributed by atoms with E-state index in [0.717, 1.165) is 6.07 Å². The molecule has 98 valence electrons. The van der Waals surface area contributed by atoms with Crippen LogP contribution in [0.3, 0.4) is 0 Å². The Kier molecular flexibility index (Phi) is 3.34. The normalized spacial score (nSPS) is 10.5. The molecule has 2 nitrogen and oxygen atoms in total. The molecule has 0 heterocycles. The van der Waals surface area contributed by atoms with E-state index in [0.29, 0.717) is 16.7 Å². The smallest absolute Gasteiger partial charge is 0.336 e. The van der Waals surface area contributed by atoms with Crippen LogP contribution in [-0.2, 0) is 0 Å². The third-order valence-electron chi connectivity index (χ3n) is 2.99. The van der Waals surface area contributed by atoms with Crippen molar-refractivity contribution < 1.29 is 18.7 Å². The Hall–Kier alpha value is -2.23. The second-order valence-corrected chi connectivity index (χ2v) is 4.41. The largest absolute Gasteiger partial charge is 0.478 e. The standard InChI is InChI=1S/C15H12F2O2/c1-8-5-10(6-9(2)14(8)15(18)19)12-4-3-11(16)7-13(12)17/h3-7H,1-2H3,(H,18,19). The van der Waals surface area contributed by atoms with E-state index in [1.165, 1.54) is 12.1 Å². The van der Waals surface area contributed by atoms with Gasteiger partial charge in [-0.25, -0.2) is 13.6 Å². The summed E-state index contributed by atoms with van der Waals surface area (Å²) in [6.07, 6.45) is 0. The van der Waals surface area contributed by atoms with Crippen LogP contribution >= 0.6 is 0 Å². The molecule has 1 N–H and O–H groups in total. The number of carboxylic acids is 1. The molecular formula is C15H12F2O2. The highest BCUT2D eigenvalue weighted by atomic mass is 19.1. The molecular weight excluding hydrogens is 250 g/mol. The Balaban J connectivity index is 2.61. The first-order valence-corrected chi connectivity index (χ1v) is 5.70. The van der Waals surface area contributed by atoms with Crippen molar-refractivity contribution >= 4 is 5.97 Å². The summed E-state index contributed by atoms with van der Waals surface area (Å²) >= 11 is 0. The number of benzene rings is 2. The number of halogens is 2. The molecule has 0 unspecified atom stereocenters. The van der Waals surface area contributed by atoms with Crippen molar-refractivity contribution in [2.75, 3.05) is 0 Å². The lowest BCUT2D eigenvalue weighted by molar-refractivity contribution is 0.0695. The predicted octanol–water partition coefficient (Wildman–Crippen LogP) is 3.95. The molecule has 0 fully saturated rings. The molecule has 0 radical (unpaired) electrons. The van der Waals surface area contributed by atoms with E-state index in [1.54, 1.807) is 26.0 Å². The number of hydrogen-bond donors (Lipinski definition) is 1. The van der Waals surface area contributed by atoms with E-state index < -0.39 is 17.6 Å². The maximum Gasteiger partial charge on any atom is 0.336 e. The lowest BCUT2D eigenvalue weighted by Gasteiger charge is -2.10. The maximum atomic E-state index is 13.7. The Labute approximate surface area is 109 Å². The van der Waals surface area contributed by atoms with E-state index in [4.69, 9.17) is 5.11 Å². The molecule has 19 heavy (non-hydrogen) atoms. The zero-order valence-corrected chi connectivity index (χ0v) is 10.5. The molecule has 0 saturated carbocycles. The van der Waals surface area contributed by atoms with Crippen LogP contribution in [0.15, 0.2) is 30.3 Å². The van der Waals surface area contributed by atoms with Gasteiger partial charge in [0.15, 0.2) is 0 Å². The molecule has 0 amide bonds. The van der Waals surface area contributed by atoms with Gasteiger partial charge >= 0.3 is 5.97 Å². The van der Waals surface area contributed by atoms with Gasteiger partial charge in [0, 0.05) is 11.6 Å². The van der Waals surface area contributed by atoms with Crippen LogP contribution in [0.2, 0.25) is 0 Å². The Morgan fingerprint density at radius 2 is 1.63 bits per heavy atom. The van der Waals surface area contributed by atoms with E-state index >= 15 is 0 Å². The number of carbonyl (C=O) groups is 1. The van der Waals surface area contributed by atoms with Crippen molar-refractivity contribution in [3.8, 4) is 11.1 Å². The van der Waals surface area contributed by atoms with Crippen LogP contribution in [-0.4, -0.2) is 11.1 Å². The number of aryl methyl sites for hydroxylation is 2. The van der Waals surface area contributed by atoms with Gasteiger partial charge in [0.1, 0.15) is 11.6 Å². The monoisotopic (exact) mass is 262 g/mol. The summed E-state index contributed by atoms with van der Waals surface area (Å²) in [6, 6.07) is 6.51. The van der Waals surface area contributed by atoms with Crippen LogP contribution in [0.1, 0.15) is 21.5 Å². The first-order chi connectivity index (χ1) is 8.90. The molecule has 0 aliphatic rings. The second-order valence-electron chi connectivity index (χ2n) is 4.41. The minimum Gasteiger partial charge on any atom is -0.478 e. The fourth-order valence-corrected chi connectivity index (χ4v) is 2.18. The summed E-state index contributed by atoms with van der Waals surface area (Å²) in [4.78, 5) is 11.1. The van der Waals surface area contributed by atoms with E-state index in [-0.39, 0.29) is 11.1 Å². The second kappa shape index (κ2) is 4.80. The third-order valence-corrected chi connectivity index (χ3v) is 2.99. The van der Waals surface area contributed by atoms with Crippen molar-refractivity contribution in [3.05, 3.63) is 58.7 Å². The maximum absolute atomic E-state index is 13.7. The molecule has 2 rings (SSSR count). The fraction of sp³-hybridized carbons (Fsp3) is 0.133. The zero-order chi connectivity index (χ0) is 14.2. The van der Waals surface area contributed by atoms with Gasteiger partial charge in [-0.1, -0.05) is 12.1 Å². The summed E-state index contributed by atoms with van der Waals surface area (Å²) < 4.78 is 26.6. The van der Waals surface area contributed by atoms with E-state index in [9.17, 15) is 13.6 Å². The molecule has 0 saturated heterocycles. The highest BCUT2D eigenvalue weighted by Crippen LogP contribution is 2.27. The number of carboxylic acid groups (broad SMARTS) is 1. The van der Waals surface area contributed by atoms with Gasteiger partial charge in [0.2, 0.25) is 0 Å². The van der Waals surface area contributed by atoms with Crippen LogP contribution in [0.5, 0.6) is 0 Å². The van der Waals surface area contributed by atoms with Crippen molar-refractivity contribution in [2.24, 2.45) is 0 Å². The molecule has 0 aromatic heterocycles. The highest BCUT2D eigenvalue weighted by molar-refractivity contribution is 5.92. The molecule has 0 bridgehead atoms. The average molecular weight is 262 g/mol. The van der Waals surface area contributed by atoms with Crippen molar-refractivity contribution in [1.29, 1.82) is 0 Å². The van der Waals surface area contributed by atoms with Gasteiger partial charge in [-0.2, -0.15) is 0 Å². The van der Waals surface area contributed by atoms with Crippen LogP contribution in [0.25, 0.3) is 11.1 Å². The fourth-order valence-electron chi connectivity index (χ4n) is 2.18. The average Bonchev–Trinajstić information content (AvgIpc) is 2.26. The lowest BCUT2D eigenvalue weighted by Crippen LogP contribution is -2.03. The van der Waals surface area contributed by atoms with Crippen molar-refractivity contribution in [3.63, 3.8) is 0 Å². The number of hydrogen-bond acceptors (Lipinski definition) is 1. The summed E-state index contributed by atoms with van der Waals surface area (Å²) in [5.74, 6) is -2.32. The van der Waals surface area contributed by atoms with Gasteiger partial charge in [0.05, 0.1) is 5.56 Å². The Bertz CT molecular complexity index is 640. The van der Waals surface area contributed by atoms with Crippen molar-refractivity contribution in [2.45, 2.75) is 13.8 Å². The quantitative estimate of drug-likeness (QED) is 0.889. The van der Waals surface area contributed by atoms with Crippen LogP contribution < -0.4 is 0 Å². The lowest BCUT2D eigenvalue weighted by atomic mass is 9.95. The molecule has 0 aliphatic carbocycles. The highest BCUT2D eigenvalue weighted by Gasteiger charge is 2.14. The van der Waals surface area contributed by atoms with Gasteiger partial charge in [-0.15, -0.1) is 0 Å². The SMILES string of the molecule is Cc1cc(-c2ccc(F)cc2F)cc(C)c1C(=O)O. The van der Waals surface area contributed by atoms with Crippen LogP contribution in [0.4, 0.5) is 8.78 Å². The molecule has 2 aromatic carbocycles. The summed E-state index contributed by atoms with van der Waals surface area (Å²) in [6.45, 7) is 3.31. The Morgan fingerprint density at radius 3 is 2.11 bits per heavy atom. The molecule has 0 aliphatic heterocycles. The van der Waals surface area contributed by atoms with E-state index in [2.05, 4.69) is 0 Å². The first-order valence-electron chi connectivity index (χ1n) is 5.70. The summed E-state index contributed by atoms with van der Waals surface area (Å²) in [5, 5.41) is 9.08. The first kappa shape index (κ1) is 13.2. The van der Waals surface area contributed by atoms with Gasteiger partial charge in [-0.05, 0) is 42.7 Å². The molecule has 2 aromatic rings. The van der Waals surface area contributed by atoms with Gasteiger partial charge < -0.3 is 5.11 Å².